The van der Waals surface area contributed by atoms with Crippen molar-refractivity contribution in [3.8, 4) is 0 Å². The Morgan fingerprint density at radius 1 is 1.21 bits per heavy atom. The number of nitrogens with two attached hydrogens (primary N) is 1. The van der Waals surface area contributed by atoms with Gasteiger partial charge in [0.15, 0.2) is 0 Å². The number of hydrogen-bond donors (Lipinski definition) is 1. The maximum atomic E-state index is 5.78. The van der Waals surface area contributed by atoms with E-state index in [-0.39, 0.29) is 6.04 Å². The predicted molar refractivity (Wildman–Crippen MR) is 64.7 cm³/mol. The van der Waals surface area contributed by atoms with Crippen LogP contribution in [0.2, 0.25) is 0 Å². The second-order valence-corrected chi connectivity index (χ2v) is 5.21. The highest BCUT2D eigenvalue weighted by Gasteiger charge is 2.02. The summed E-state index contributed by atoms with van der Waals surface area (Å²) >= 11 is 1.92. The standard InChI is InChI=1S/C12H19NS/c1-4-9(2)14-12-7-5-11(6-8-12)10(3)13/h5-10H,4,13H2,1-3H3/t9?,10-/m1/s1. The highest BCUT2D eigenvalue weighted by molar-refractivity contribution is 7.99. The van der Waals surface area contributed by atoms with Gasteiger partial charge in [0, 0.05) is 16.2 Å². The lowest BCUT2D eigenvalue weighted by molar-refractivity contribution is 0.816. The van der Waals surface area contributed by atoms with Crippen LogP contribution >= 0.6 is 11.8 Å². The van der Waals surface area contributed by atoms with Gasteiger partial charge in [0.2, 0.25) is 0 Å². The Morgan fingerprint density at radius 2 is 1.79 bits per heavy atom. The van der Waals surface area contributed by atoms with Crippen LogP contribution < -0.4 is 5.73 Å². The van der Waals surface area contributed by atoms with Crippen molar-refractivity contribution in [3.63, 3.8) is 0 Å². The highest BCUT2D eigenvalue weighted by Crippen LogP contribution is 2.25. The zero-order valence-corrected chi connectivity index (χ0v) is 9.97. The maximum Gasteiger partial charge on any atom is 0.0266 e. The Bertz CT molecular complexity index is 266. The van der Waals surface area contributed by atoms with Crippen LogP contribution in [0.15, 0.2) is 29.2 Å². The molecule has 2 heteroatoms. The van der Waals surface area contributed by atoms with Crippen LogP contribution in [0.25, 0.3) is 0 Å². The zero-order valence-electron chi connectivity index (χ0n) is 9.16. The largest absolute Gasteiger partial charge is 0.324 e. The monoisotopic (exact) mass is 209 g/mol. The fourth-order valence-electron chi connectivity index (χ4n) is 1.17. The molecular formula is C12H19NS. The molecule has 0 amide bonds. The quantitative estimate of drug-likeness (QED) is 0.767. The Hall–Kier alpha value is -0.470. The Balaban J connectivity index is 2.64. The van der Waals surface area contributed by atoms with Crippen LogP contribution in [0.4, 0.5) is 0 Å². The van der Waals surface area contributed by atoms with E-state index in [0.717, 1.165) is 0 Å². The van der Waals surface area contributed by atoms with Gasteiger partial charge < -0.3 is 5.73 Å². The third-order valence-corrected chi connectivity index (χ3v) is 3.60. The molecule has 2 N–H and O–H groups in total. The zero-order chi connectivity index (χ0) is 10.6. The molecule has 78 valence electrons. The van der Waals surface area contributed by atoms with Gasteiger partial charge >= 0.3 is 0 Å². The Morgan fingerprint density at radius 3 is 2.21 bits per heavy atom. The van der Waals surface area contributed by atoms with Crippen LogP contribution in [0.5, 0.6) is 0 Å². The summed E-state index contributed by atoms with van der Waals surface area (Å²) in [5.74, 6) is 0. The third-order valence-electron chi connectivity index (χ3n) is 2.32. The van der Waals surface area contributed by atoms with Crippen molar-refractivity contribution in [2.75, 3.05) is 0 Å². The predicted octanol–water partition coefficient (Wildman–Crippen LogP) is 3.60. The molecule has 0 bridgehead atoms. The fourth-order valence-corrected chi connectivity index (χ4v) is 2.09. The van der Waals surface area contributed by atoms with E-state index in [1.807, 2.05) is 18.7 Å². The van der Waals surface area contributed by atoms with E-state index >= 15 is 0 Å². The van der Waals surface area contributed by atoms with Crippen molar-refractivity contribution < 1.29 is 0 Å². The first-order valence-electron chi connectivity index (χ1n) is 5.15. The lowest BCUT2D eigenvalue weighted by Gasteiger charge is -2.10. The van der Waals surface area contributed by atoms with Gasteiger partial charge in [-0.2, -0.15) is 0 Å². The normalized spacial score (nSPS) is 15.1. The van der Waals surface area contributed by atoms with Gasteiger partial charge in [0.05, 0.1) is 0 Å². The molecule has 0 saturated carbocycles. The van der Waals surface area contributed by atoms with Crippen molar-refractivity contribution in [3.05, 3.63) is 29.8 Å². The van der Waals surface area contributed by atoms with Crippen molar-refractivity contribution in [2.24, 2.45) is 5.73 Å². The number of benzene rings is 1. The average molecular weight is 209 g/mol. The molecule has 0 heterocycles. The summed E-state index contributed by atoms with van der Waals surface area (Å²) in [6.07, 6.45) is 1.21. The number of thioether (sulfide) groups is 1. The summed E-state index contributed by atoms with van der Waals surface area (Å²) in [6, 6.07) is 8.70. The fraction of sp³-hybridized carbons (Fsp3) is 0.500. The molecule has 0 fully saturated rings. The first-order chi connectivity index (χ1) is 6.63. The molecule has 1 aromatic rings. The van der Waals surface area contributed by atoms with Gasteiger partial charge in [-0.1, -0.05) is 26.0 Å². The van der Waals surface area contributed by atoms with Crippen molar-refractivity contribution in [2.45, 2.75) is 43.4 Å². The summed E-state index contributed by atoms with van der Waals surface area (Å²) in [6.45, 7) is 6.48. The molecule has 0 aromatic heterocycles. The van der Waals surface area contributed by atoms with Gasteiger partial charge in [-0.05, 0) is 31.0 Å². The molecular weight excluding hydrogens is 190 g/mol. The van der Waals surface area contributed by atoms with Crippen molar-refractivity contribution in [1.29, 1.82) is 0 Å². The van der Waals surface area contributed by atoms with Crippen LogP contribution in [0.3, 0.4) is 0 Å². The van der Waals surface area contributed by atoms with Gasteiger partial charge in [-0.25, -0.2) is 0 Å². The summed E-state index contributed by atoms with van der Waals surface area (Å²) in [5.41, 5.74) is 6.99. The third kappa shape index (κ3) is 3.35. The molecule has 1 unspecified atom stereocenters. The summed E-state index contributed by atoms with van der Waals surface area (Å²) in [5, 5.41) is 0.691. The molecule has 2 atom stereocenters. The maximum absolute atomic E-state index is 5.78. The topological polar surface area (TPSA) is 26.0 Å². The van der Waals surface area contributed by atoms with Crippen LogP contribution in [-0.4, -0.2) is 5.25 Å². The Kier molecular flexibility index (Phi) is 4.49. The van der Waals surface area contributed by atoms with Crippen LogP contribution in [0.1, 0.15) is 38.8 Å². The van der Waals surface area contributed by atoms with E-state index in [9.17, 15) is 0 Å². The SMILES string of the molecule is CCC(C)Sc1ccc([C@@H](C)N)cc1. The Labute approximate surface area is 91.1 Å². The molecule has 1 aromatic carbocycles. The van der Waals surface area contributed by atoms with E-state index in [1.54, 1.807) is 0 Å². The lowest BCUT2D eigenvalue weighted by atomic mass is 10.1. The highest BCUT2D eigenvalue weighted by atomic mass is 32.2. The van der Waals surface area contributed by atoms with E-state index in [0.29, 0.717) is 5.25 Å². The minimum absolute atomic E-state index is 0.137. The molecule has 0 aliphatic heterocycles. The average Bonchev–Trinajstić information content (AvgIpc) is 2.18. The second kappa shape index (κ2) is 5.42. The van der Waals surface area contributed by atoms with E-state index in [4.69, 9.17) is 5.73 Å². The molecule has 1 nitrogen and oxygen atoms in total. The minimum Gasteiger partial charge on any atom is -0.324 e. The van der Waals surface area contributed by atoms with Crippen LogP contribution in [0, 0.1) is 0 Å². The molecule has 0 saturated heterocycles. The van der Waals surface area contributed by atoms with Gasteiger partial charge in [0.25, 0.3) is 0 Å². The van der Waals surface area contributed by atoms with Gasteiger partial charge in [0.1, 0.15) is 0 Å². The van der Waals surface area contributed by atoms with Crippen LogP contribution in [-0.2, 0) is 0 Å². The van der Waals surface area contributed by atoms with Crippen molar-refractivity contribution in [1.82, 2.24) is 0 Å². The number of hydrogen-bond acceptors (Lipinski definition) is 2. The molecule has 0 aliphatic carbocycles. The van der Waals surface area contributed by atoms with Gasteiger partial charge in [-0.15, -0.1) is 11.8 Å². The van der Waals surface area contributed by atoms with E-state index < -0.39 is 0 Å². The van der Waals surface area contributed by atoms with Crippen molar-refractivity contribution >= 4 is 11.8 Å². The first-order valence-corrected chi connectivity index (χ1v) is 6.03. The molecule has 1 rings (SSSR count). The first kappa shape index (κ1) is 11.6. The smallest absolute Gasteiger partial charge is 0.0266 e. The summed E-state index contributed by atoms with van der Waals surface area (Å²) in [7, 11) is 0. The summed E-state index contributed by atoms with van der Waals surface area (Å²) < 4.78 is 0. The number of rotatable bonds is 4. The van der Waals surface area contributed by atoms with E-state index in [2.05, 4.69) is 38.1 Å². The molecule has 0 radical (unpaired) electrons. The minimum atomic E-state index is 0.137. The summed E-state index contributed by atoms with van der Waals surface area (Å²) in [4.78, 5) is 1.34. The molecule has 0 aliphatic rings. The second-order valence-electron chi connectivity index (χ2n) is 3.69. The van der Waals surface area contributed by atoms with E-state index in [1.165, 1.54) is 16.9 Å². The molecule has 0 spiro atoms. The molecule has 14 heavy (non-hydrogen) atoms. The lowest BCUT2D eigenvalue weighted by Crippen LogP contribution is -2.04. The van der Waals surface area contributed by atoms with Gasteiger partial charge in [-0.3, -0.25) is 0 Å².